The van der Waals surface area contributed by atoms with E-state index in [9.17, 15) is 53.1 Å². The number of nitrogens with one attached hydrogen (secondary N) is 9. The monoisotopic (exact) mass is 1140 g/mol. The summed E-state index contributed by atoms with van der Waals surface area (Å²) < 4.78 is 21.9. The number of aromatic amines is 1. The Balaban J connectivity index is 1.64. The van der Waals surface area contributed by atoms with Crippen molar-refractivity contribution >= 4 is 96.3 Å². The van der Waals surface area contributed by atoms with E-state index in [1.807, 2.05) is 20.8 Å². The van der Waals surface area contributed by atoms with Gasteiger partial charge in [0.15, 0.2) is 0 Å². The van der Waals surface area contributed by atoms with E-state index in [0.717, 1.165) is 5.75 Å². The van der Waals surface area contributed by atoms with Gasteiger partial charge in [-0.05, 0) is 36.5 Å². The molecular formula is C49H73N11O14S3. The Hall–Kier alpha value is -5.36. The highest BCUT2D eigenvalue weighted by molar-refractivity contribution is 8.76. The van der Waals surface area contributed by atoms with Crippen molar-refractivity contribution in [1.29, 1.82) is 0 Å². The lowest BCUT2D eigenvalue weighted by Crippen LogP contribution is -2.68. The number of primary amides is 1. The Labute approximate surface area is 456 Å². The first-order valence-corrected chi connectivity index (χ1v) is 29.5. The molecule has 0 radical (unpaired) electrons. The van der Waals surface area contributed by atoms with Gasteiger partial charge >= 0.3 is 0 Å². The molecule has 8 amide bonds. The number of H-pyrrole nitrogens is 1. The highest BCUT2D eigenvalue weighted by Gasteiger charge is 2.57. The maximum atomic E-state index is 16.1. The second-order valence-corrected chi connectivity index (χ2v) is 24.8. The zero-order valence-corrected chi connectivity index (χ0v) is 46.4. The number of ether oxygens (including phenoxy) is 1. The third-order valence-electron chi connectivity index (χ3n) is 14.3. The molecule has 77 heavy (non-hydrogen) atoms. The van der Waals surface area contributed by atoms with E-state index in [2.05, 4.69) is 47.5 Å². The lowest BCUT2D eigenvalue weighted by atomic mass is 9.90. The molecular weight excluding hydrogens is 1060 g/mol. The van der Waals surface area contributed by atoms with Gasteiger partial charge < -0.3 is 73.3 Å². The minimum atomic E-state index is -2.38. The molecule has 2 aromatic rings. The van der Waals surface area contributed by atoms with Gasteiger partial charge in [0.05, 0.1) is 66.4 Å². The molecule has 4 unspecified atom stereocenters. The molecule has 0 saturated carbocycles. The number of benzene rings is 1. The van der Waals surface area contributed by atoms with E-state index in [4.69, 9.17) is 10.5 Å². The molecule has 14 N–H and O–H groups in total. The molecule has 1 fully saturated rings. The SMILES string of the molecule is CC[C@H](C)[C@@H]1NC(=O)CNC(=O)[C@@H]2Cc3c4[nH]c5cc(ccc35)OC(CCC(C)SSCCNC(C)C)(C(=O)[C@H](CC(N)=O)NC(=O)C(C[S@]4=O)NC(=O)CNC1=O)N1CC(O)C[C@H]1C(=O)N[C@@H]([C@@H](C)[C@@H](O)CO)C(=O)N2. The van der Waals surface area contributed by atoms with Gasteiger partial charge in [0.1, 0.15) is 41.0 Å². The molecule has 1 aromatic carbocycles. The number of carbonyl (C=O) groups excluding carboxylic acids is 9. The number of amides is 8. The van der Waals surface area contributed by atoms with E-state index < -0.39 is 175 Å². The minimum absolute atomic E-state index is 0.0149. The Bertz CT molecular complexity index is 2570. The summed E-state index contributed by atoms with van der Waals surface area (Å²) >= 11 is 0. The van der Waals surface area contributed by atoms with Crippen molar-refractivity contribution in [2.24, 2.45) is 17.6 Å². The van der Waals surface area contributed by atoms with Crippen LogP contribution in [0.1, 0.15) is 79.2 Å². The lowest BCUT2D eigenvalue weighted by molar-refractivity contribution is -0.166. The summed E-state index contributed by atoms with van der Waals surface area (Å²) in [6.45, 7) is 8.66. The van der Waals surface area contributed by atoms with Gasteiger partial charge in [-0.25, -0.2) is 4.90 Å². The molecule has 8 bridgehead atoms. The van der Waals surface area contributed by atoms with Gasteiger partial charge in [0, 0.05) is 60.3 Å². The average Bonchev–Trinajstić information content (AvgIpc) is 4.01. The van der Waals surface area contributed by atoms with Gasteiger partial charge in [-0.3, -0.25) is 47.4 Å². The van der Waals surface area contributed by atoms with Crippen LogP contribution in [0.25, 0.3) is 10.9 Å². The number of nitrogens with zero attached hydrogens (tertiary/aromatic N) is 1. The summed E-state index contributed by atoms with van der Waals surface area (Å²) in [7, 11) is 0.738. The average molecular weight is 1140 g/mol. The number of aromatic nitrogens is 1. The van der Waals surface area contributed by atoms with Crippen molar-refractivity contribution in [2.75, 3.05) is 44.3 Å². The molecule has 1 saturated heterocycles. The summed E-state index contributed by atoms with van der Waals surface area (Å²) in [6.07, 6.45) is -4.42. The van der Waals surface area contributed by atoms with E-state index >= 15 is 9.59 Å². The van der Waals surface area contributed by atoms with Crippen LogP contribution in [-0.2, 0) is 60.4 Å². The number of nitrogens with two attached hydrogens (primary N) is 1. The quantitative estimate of drug-likeness (QED) is 0.0590. The Morgan fingerprint density at radius 1 is 0.909 bits per heavy atom. The minimum Gasteiger partial charge on any atom is -0.465 e. The second-order valence-electron chi connectivity index (χ2n) is 20.4. The molecule has 426 valence electrons. The Kier molecular flexibility index (Phi) is 21.3. The normalized spacial score (nSPS) is 28.9. The zero-order chi connectivity index (χ0) is 56.5. The molecule has 0 spiro atoms. The molecule has 25 nitrogen and oxygen atoms in total. The summed E-state index contributed by atoms with van der Waals surface area (Å²) in [5.41, 5.74) is 3.79. The number of rotatable bonds is 16. The van der Waals surface area contributed by atoms with Gasteiger partial charge in [-0.2, -0.15) is 0 Å². The van der Waals surface area contributed by atoms with E-state index in [0.29, 0.717) is 18.4 Å². The van der Waals surface area contributed by atoms with Crippen molar-refractivity contribution in [3.63, 3.8) is 0 Å². The smallest absolute Gasteiger partial charge is 0.244 e. The lowest BCUT2D eigenvalue weighted by Gasteiger charge is -2.45. The maximum absolute atomic E-state index is 16.1. The Morgan fingerprint density at radius 3 is 2.29 bits per heavy atom. The highest BCUT2D eigenvalue weighted by atomic mass is 33.1. The van der Waals surface area contributed by atoms with Crippen LogP contribution in [0.3, 0.4) is 0 Å². The van der Waals surface area contributed by atoms with Crippen molar-refractivity contribution in [1.82, 2.24) is 52.4 Å². The molecule has 5 aliphatic heterocycles. The molecule has 5 aliphatic rings. The summed E-state index contributed by atoms with van der Waals surface area (Å²) in [4.78, 5) is 134. The summed E-state index contributed by atoms with van der Waals surface area (Å²) in [5.74, 6) is -10.6. The van der Waals surface area contributed by atoms with Crippen LogP contribution < -0.4 is 53.0 Å². The summed E-state index contributed by atoms with van der Waals surface area (Å²) in [5, 5.41) is 54.0. The van der Waals surface area contributed by atoms with E-state index in [-0.39, 0.29) is 52.4 Å². The first kappa shape index (κ1) is 60.9. The van der Waals surface area contributed by atoms with Crippen LogP contribution >= 0.6 is 21.6 Å². The van der Waals surface area contributed by atoms with Crippen molar-refractivity contribution in [3.05, 3.63) is 23.8 Å². The number of ketones is 1. The van der Waals surface area contributed by atoms with Gasteiger partial charge in [0.2, 0.25) is 58.8 Å². The van der Waals surface area contributed by atoms with Crippen LogP contribution in [0.4, 0.5) is 0 Å². The van der Waals surface area contributed by atoms with E-state index in [1.54, 1.807) is 30.7 Å². The maximum Gasteiger partial charge on any atom is 0.244 e. The Morgan fingerprint density at radius 2 is 1.61 bits per heavy atom. The second kappa shape index (κ2) is 27.0. The molecule has 1 aromatic heterocycles. The first-order chi connectivity index (χ1) is 36.5. The molecule has 28 heteroatoms. The standard InChI is InChI=1S/C49H73N11O14S3/c1-7-24(4)40-46(71)53-18-38(65)54-34-22-77(73)48-30-16-33(43(68)52-19-39(66)58-40)56-47(72)41(26(6)36(63)21-61)59-45(70)35-14-27(62)20-60(35)49(42(67)32(17-37(50)64)55-44(34)69,74-28-8-9-29(30)31(15-28)57-48)11-10-25(5)76-75-13-12-51-23(2)3/h8-9,15,23-27,32-36,40-41,51,57,61-63H,7,10-14,16-22H2,1-6H3,(H2,50,64)(H,52,68)(H,53,71)(H,54,65)(H,55,69)(H,56,72)(H,58,66)(H,59,70)/t24-,25?,26-,27?,32-,33-,34?,35-,36-,40-,41-,49?,77+/m0/s1. The van der Waals surface area contributed by atoms with Gasteiger partial charge in [-0.1, -0.05) is 69.6 Å². The number of hydrogen-bond donors (Lipinski definition) is 13. The third-order valence-corrected chi connectivity index (χ3v) is 18.7. The third kappa shape index (κ3) is 15.1. The van der Waals surface area contributed by atoms with Crippen molar-refractivity contribution in [3.8, 4) is 5.75 Å². The molecule has 6 heterocycles. The first-order valence-electron chi connectivity index (χ1n) is 25.8. The fourth-order valence-electron chi connectivity index (χ4n) is 9.76. The van der Waals surface area contributed by atoms with Crippen molar-refractivity contribution < 1.29 is 67.4 Å². The predicted molar refractivity (Wildman–Crippen MR) is 286 cm³/mol. The zero-order valence-electron chi connectivity index (χ0n) is 43.9. The predicted octanol–water partition coefficient (Wildman–Crippen LogP) is -2.95. The molecule has 7 rings (SSSR count). The number of hydrogen-bond acceptors (Lipinski definition) is 18. The number of aliphatic hydroxyl groups excluding tert-OH is 3. The number of Topliss-reactive ketones (excluding diaryl/α,β-unsaturated/α-hetero) is 1. The number of carbonyl (C=O) groups is 9. The fraction of sp³-hybridized carbons (Fsp3) is 0.653. The fourth-order valence-corrected chi connectivity index (χ4v) is 13.4. The van der Waals surface area contributed by atoms with E-state index in [1.165, 1.54) is 34.8 Å². The number of aliphatic hydroxyl groups is 3. The summed E-state index contributed by atoms with van der Waals surface area (Å²) in [6, 6.07) is -5.14. The van der Waals surface area contributed by atoms with Gasteiger partial charge in [-0.15, -0.1) is 0 Å². The number of fused-ring (bicyclic) bond motifs is 7. The van der Waals surface area contributed by atoms with Crippen LogP contribution in [0, 0.1) is 11.8 Å². The van der Waals surface area contributed by atoms with Gasteiger partial charge in [0.25, 0.3) is 0 Å². The topological polar surface area (TPSA) is 382 Å². The largest absolute Gasteiger partial charge is 0.465 e. The van der Waals surface area contributed by atoms with Crippen LogP contribution in [0.5, 0.6) is 5.75 Å². The van der Waals surface area contributed by atoms with Crippen LogP contribution in [0.15, 0.2) is 23.2 Å². The van der Waals surface area contributed by atoms with Crippen LogP contribution in [0.2, 0.25) is 0 Å². The molecule has 13 atom stereocenters. The van der Waals surface area contributed by atoms with Crippen LogP contribution in [-0.4, -0.2) is 192 Å². The highest BCUT2D eigenvalue weighted by Crippen LogP contribution is 2.40. The van der Waals surface area contributed by atoms with Crippen molar-refractivity contribution in [2.45, 2.75) is 151 Å². The molecule has 0 aliphatic carbocycles.